The Hall–Kier alpha value is -2.29. The first-order valence-electron chi connectivity index (χ1n) is 12.5. The fourth-order valence-corrected chi connectivity index (χ4v) is 5.46. The van der Waals surface area contributed by atoms with Gasteiger partial charge in [-0.05, 0) is 42.5 Å². The minimum absolute atomic E-state index is 0.0290. The van der Waals surface area contributed by atoms with Gasteiger partial charge in [-0.25, -0.2) is 8.42 Å². The molecule has 0 saturated carbocycles. The number of carbonyl (C=O) groups is 2. The van der Waals surface area contributed by atoms with Gasteiger partial charge in [0.25, 0.3) is 0 Å². The van der Waals surface area contributed by atoms with Crippen LogP contribution in [-0.2, 0) is 26.2 Å². The van der Waals surface area contributed by atoms with Crippen LogP contribution < -0.4 is 9.62 Å². The zero-order valence-corrected chi connectivity index (χ0v) is 24.5. The number of hydrogen-bond acceptors (Lipinski definition) is 4. The molecule has 0 aliphatic heterocycles. The second kappa shape index (κ2) is 14.0. The van der Waals surface area contributed by atoms with Gasteiger partial charge in [0.05, 0.1) is 11.9 Å². The molecule has 0 radical (unpaired) electrons. The summed E-state index contributed by atoms with van der Waals surface area (Å²) in [5.74, 6) is -0.806. The van der Waals surface area contributed by atoms with E-state index in [1.54, 1.807) is 37.3 Å². The van der Waals surface area contributed by atoms with Crippen molar-refractivity contribution >= 4 is 50.7 Å². The third-order valence-corrected chi connectivity index (χ3v) is 7.95. The molecule has 0 aliphatic rings. The van der Waals surface area contributed by atoms with Gasteiger partial charge in [0.1, 0.15) is 12.6 Å². The Balaban J connectivity index is 2.53. The molecule has 10 heteroatoms. The molecule has 0 heterocycles. The minimum Gasteiger partial charge on any atom is -0.354 e. The highest BCUT2D eigenvalue weighted by molar-refractivity contribution is 7.92. The molecule has 0 saturated heterocycles. The van der Waals surface area contributed by atoms with Crippen LogP contribution in [0.2, 0.25) is 10.0 Å². The summed E-state index contributed by atoms with van der Waals surface area (Å²) in [7, 11) is -3.83. The second-order valence-electron chi connectivity index (χ2n) is 9.27. The van der Waals surface area contributed by atoms with Crippen molar-refractivity contribution in [2.24, 2.45) is 0 Å². The van der Waals surface area contributed by atoms with Gasteiger partial charge in [0, 0.05) is 28.7 Å². The lowest BCUT2D eigenvalue weighted by Crippen LogP contribution is -2.52. The molecule has 2 aromatic rings. The van der Waals surface area contributed by atoms with Gasteiger partial charge in [-0.2, -0.15) is 0 Å². The number of anilines is 1. The van der Waals surface area contributed by atoms with Crippen molar-refractivity contribution in [3.8, 4) is 0 Å². The lowest BCUT2D eigenvalue weighted by atomic mass is 10.0. The van der Waals surface area contributed by atoms with Crippen LogP contribution in [0, 0.1) is 0 Å². The Morgan fingerprint density at radius 3 is 2.16 bits per heavy atom. The van der Waals surface area contributed by atoms with Crippen LogP contribution in [0.4, 0.5) is 5.69 Å². The molecule has 2 rings (SSSR count). The second-order valence-corrected chi connectivity index (χ2v) is 12.0. The van der Waals surface area contributed by atoms with Crippen molar-refractivity contribution in [2.75, 3.05) is 23.7 Å². The van der Waals surface area contributed by atoms with Crippen LogP contribution >= 0.6 is 23.2 Å². The fraction of sp³-hybridized carbons (Fsp3) is 0.481. The molecule has 1 unspecified atom stereocenters. The maximum atomic E-state index is 13.9. The highest BCUT2D eigenvalue weighted by Gasteiger charge is 2.33. The van der Waals surface area contributed by atoms with Gasteiger partial charge < -0.3 is 10.2 Å². The number of carbonyl (C=O) groups excluding carboxylic acids is 2. The topological polar surface area (TPSA) is 86.8 Å². The number of nitrogens with zero attached hydrogens (tertiary/aromatic N) is 2. The van der Waals surface area contributed by atoms with Gasteiger partial charge in [-0.1, -0.05) is 81.6 Å². The fourth-order valence-electron chi connectivity index (χ4n) is 4.08. The summed E-state index contributed by atoms with van der Waals surface area (Å²) in [6, 6.07) is 11.3. The van der Waals surface area contributed by atoms with Crippen molar-refractivity contribution in [3.63, 3.8) is 0 Å². The van der Waals surface area contributed by atoms with Crippen molar-refractivity contribution < 1.29 is 18.0 Å². The summed E-state index contributed by atoms with van der Waals surface area (Å²) < 4.78 is 26.9. The molecule has 0 spiro atoms. The summed E-state index contributed by atoms with van der Waals surface area (Å²) in [6.07, 6.45) is 3.11. The van der Waals surface area contributed by atoms with Crippen molar-refractivity contribution in [3.05, 3.63) is 63.6 Å². The van der Waals surface area contributed by atoms with Gasteiger partial charge >= 0.3 is 0 Å². The molecule has 0 aromatic heterocycles. The van der Waals surface area contributed by atoms with Gasteiger partial charge in [0.15, 0.2) is 0 Å². The molecule has 204 valence electrons. The van der Waals surface area contributed by atoms with E-state index >= 15 is 0 Å². The largest absolute Gasteiger partial charge is 0.354 e. The standard InChI is InChI=1S/C27H37Cl2N3O4S/c1-6-8-16-30-27(34)24(7-2)31(17-21-22(28)13-11-14-23(21)29)26(33)18-32(37(5,35)36)25-15-10-9-12-20(25)19(3)4/h9-15,19,24H,6-8,16-18H2,1-5H3,(H,30,34). The highest BCUT2D eigenvalue weighted by Crippen LogP contribution is 2.30. The molecule has 0 fully saturated rings. The predicted octanol–water partition coefficient (Wildman–Crippen LogP) is 5.61. The molecular formula is C27H37Cl2N3O4S. The van der Waals surface area contributed by atoms with Crippen LogP contribution in [0.3, 0.4) is 0 Å². The molecule has 1 N–H and O–H groups in total. The maximum absolute atomic E-state index is 13.9. The van der Waals surface area contributed by atoms with Crippen molar-refractivity contribution in [1.82, 2.24) is 10.2 Å². The lowest BCUT2D eigenvalue weighted by molar-refractivity contribution is -0.140. The molecule has 0 aliphatic carbocycles. The number of rotatable bonds is 13. The zero-order valence-electron chi connectivity index (χ0n) is 22.1. The first kappa shape index (κ1) is 30.9. The maximum Gasteiger partial charge on any atom is 0.244 e. The van der Waals surface area contributed by atoms with E-state index in [-0.39, 0.29) is 18.4 Å². The average Bonchev–Trinajstić information content (AvgIpc) is 2.83. The van der Waals surface area contributed by atoms with E-state index in [4.69, 9.17) is 23.2 Å². The lowest BCUT2D eigenvalue weighted by Gasteiger charge is -2.33. The minimum atomic E-state index is -3.83. The smallest absolute Gasteiger partial charge is 0.244 e. The van der Waals surface area contributed by atoms with E-state index < -0.39 is 28.5 Å². The van der Waals surface area contributed by atoms with Crippen molar-refractivity contribution in [1.29, 1.82) is 0 Å². The molecule has 7 nitrogen and oxygen atoms in total. The molecule has 0 bridgehead atoms. The molecule has 1 atom stereocenters. The average molecular weight is 571 g/mol. The zero-order chi connectivity index (χ0) is 27.8. The highest BCUT2D eigenvalue weighted by atomic mass is 35.5. The Bertz CT molecular complexity index is 1170. The van der Waals surface area contributed by atoms with E-state index in [1.165, 1.54) is 4.90 Å². The number of hydrogen-bond donors (Lipinski definition) is 1. The number of unbranched alkanes of at least 4 members (excludes halogenated alkanes) is 1. The Labute approximate surface area is 231 Å². The van der Waals surface area contributed by atoms with Gasteiger partial charge in [0.2, 0.25) is 21.8 Å². The number of nitrogens with one attached hydrogen (secondary N) is 1. The number of sulfonamides is 1. The number of para-hydroxylation sites is 1. The van der Waals surface area contributed by atoms with Crippen LogP contribution in [0.25, 0.3) is 0 Å². The van der Waals surface area contributed by atoms with E-state index in [0.717, 1.165) is 29.0 Å². The van der Waals surface area contributed by atoms with Crippen molar-refractivity contribution in [2.45, 2.75) is 65.5 Å². The van der Waals surface area contributed by atoms with E-state index in [0.29, 0.717) is 34.3 Å². The van der Waals surface area contributed by atoms with Gasteiger partial charge in [-0.15, -0.1) is 0 Å². The molecule has 2 aromatic carbocycles. The summed E-state index contributed by atoms with van der Waals surface area (Å²) >= 11 is 12.8. The van der Waals surface area contributed by atoms with Gasteiger partial charge in [-0.3, -0.25) is 13.9 Å². The third kappa shape index (κ3) is 8.35. The van der Waals surface area contributed by atoms with Crippen LogP contribution in [0.1, 0.15) is 64.0 Å². The Morgan fingerprint density at radius 2 is 1.62 bits per heavy atom. The van der Waals surface area contributed by atoms with Crippen LogP contribution in [0.15, 0.2) is 42.5 Å². The summed E-state index contributed by atoms with van der Waals surface area (Å²) in [4.78, 5) is 28.4. The first-order chi connectivity index (χ1) is 17.4. The molecule has 37 heavy (non-hydrogen) atoms. The number of benzene rings is 2. The van der Waals surface area contributed by atoms with E-state index in [1.807, 2.05) is 32.9 Å². The molecule has 2 amide bonds. The normalized spacial score (nSPS) is 12.3. The summed E-state index contributed by atoms with van der Waals surface area (Å²) in [5, 5.41) is 3.61. The number of halogens is 2. The summed E-state index contributed by atoms with van der Waals surface area (Å²) in [5.41, 5.74) is 1.72. The number of amides is 2. The predicted molar refractivity (Wildman–Crippen MR) is 152 cm³/mol. The Kier molecular flexibility index (Phi) is 11.7. The van der Waals surface area contributed by atoms with E-state index in [2.05, 4.69) is 5.32 Å². The quantitative estimate of drug-likeness (QED) is 0.318. The van der Waals surface area contributed by atoms with E-state index in [9.17, 15) is 18.0 Å². The summed E-state index contributed by atoms with van der Waals surface area (Å²) in [6.45, 7) is 7.72. The SMILES string of the molecule is CCCCNC(=O)C(CC)N(Cc1c(Cl)cccc1Cl)C(=O)CN(c1ccccc1C(C)C)S(C)(=O)=O. The third-order valence-electron chi connectivity index (χ3n) is 6.11. The Morgan fingerprint density at radius 1 is 1.00 bits per heavy atom. The van der Waals surface area contributed by atoms with Crippen LogP contribution in [0.5, 0.6) is 0 Å². The first-order valence-corrected chi connectivity index (χ1v) is 15.1. The molecular weight excluding hydrogens is 533 g/mol. The van der Waals surface area contributed by atoms with Crippen LogP contribution in [-0.4, -0.2) is 50.5 Å². The monoisotopic (exact) mass is 569 g/mol.